The lowest BCUT2D eigenvalue weighted by Crippen LogP contribution is -2.26. The van der Waals surface area contributed by atoms with Crippen LogP contribution < -0.4 is 10.6 Å². The summed E-state index contributed by atoms with van der Waals surface area (Å²) in [6, 6.07) is 7.13. The third-order valence-electron chi connectivity index (χ3n) is 4.86. The second-order valence-corrected chi connectivity index (χ2v) is 9.80. The minimum Gasteiger partial charge on any atom is -0.401 e. The van der Waals surface area contributed by atoms with Gasteiger partial charge in [-0.2, -0.15) is 0 Å². The van der Waals surface area contributed by atoms with Crippen molar-refractivity contribution in [2.45, 2.75) is 36.5 Å². The van der Waals surface area contributed by atoms with Crippen LogP contribution in [0.4, 0.5) is 6.01 Å². The number of sulfone groups is 1. The van der Waals surface area contributed by atoms with Gasteiger partial charge in [0, 0.05) is 24.7 Å². The summed E-state index contributed by atoms with van der Waals surface area (Å²) in [7, 11) is -3.32. The standard InChI is InChI=1S/C19H22N6O3S/c1-12(2)29(26,27)15-5-3-13(4-6-15)16-9-21-10-17(22-16)18-23-24-19(28-18)25-8-7-14(20)11-25/h3-6,9-10,12,14H,7-8,11,20H2,1-2H3. The van der Waals surface area contributed by atoms with E-state index in [1.54, 1.807) is 50.5 Å². The number of nitrogens with two attached hydrogens (primary N) is 1. The Bertz CT molecular complexity index is 1110. The van der Waals surface area contributed by atoms with E-state index >= 15 is 0 Å². The molecule has 10 heteroatoms. The number of hydrogen-bond acceptors (Lipinski definition) is 9. The number of benzene rings is 1. The van der Waals surface area contributed by atoms with Crippen LogP contribution in [0.15, 0.2) is 46.0 Å². The molecule has 0 amide bonds. The number of hydrogen-bond donors (Lipinski definition) is 1. The Labute approximate surface area is 168 Å². The van der Waals surface area contributed by atoms with Crippen molar-refractivity contribution in [2.75, 3.05) is 18.0 Å². The van der Waals surface area contributed by atoms with Crippen LogP contribution in [-0.4, -0.2) is 53.0 Å². The smallest absolute Gasteiger partial charge is 0.318 e. The molecular weight excluding hydrogens is 392 g/mol. The molecule has 0 aliphatic carbocycles. The summed E-state index contributed by atoms with van der Waals surface area (Å²) in [4.78, 5) is 11.0. The van der Waals surface area contributed by atoms with Crippen molar-refractivity contribution in [3.8, 4) is 22.8 Å². The molecular formula is C19H22N6O3S. The molecule has 1 aliphatic heterocycles. The lowest BCUT2D eigenvalue weighted by molar-refractivity contribution is 0.554. The van der Waals surface area contributed by atoms with Gasteiger partial charge in [-0.15, -0.1) is 5.10 Å². The van der Waals surface area contributed by atoms with Gasteiger partial charge in [0.1, 0.15) is 5.69 Å². The highest BCUT2D eigenvalue weighted by Crippen LogP contribution is 2.26. The largest absolute Gasteiger partial charge is 0.401 e. The van der Waals surface area contributed by atoms with E-state index in [0.717, 1.165) is 18.5 Å². The molecule has 1 aromatic carbocycles. The Morgan fingerprint density at radius 3 is 2.52 bits per heavy atom. The van der Waals surface area contributed by atoms with Gasteiger partial charge < -0.3 is 15.1 Å². The monoisotopic (exact) mass is 414 g/mol. The normalized spacial score (nSPS) is 17.2. The Kier molecular flexibility index (Phi) is 5.05. The van der Waals surface area contributed by atoms with Crippen molar-refractivity contribution in [3.05, 3.63) is 36.7 Å². The third kappa shape index (κ3) is 3.85. The lowest BCUT2D eigenvalue weighted by Gasteiger charge is -2.10. The van der Waals surface area contributed by atoms with Gasteiger partial charge in [-0.05, 0) is 32.4 Å². The zero-order chi connectivity index (χ0) is 20.6. The highest BCUT2D eigenvalue weighted by Gasteiger charge is 2.24. The summed E-state index contributed by atoms with van der Waals surface area (Å²) >= 11 is 0. The van der Waals surface area contributed by atoms with Gasteiger partial charge in [0.15, 0.2) is 9.84 Å². The first kappa shape index (κ1) is 19.5. The Hall–Kier alpha value is -2.85. The number of rotatable bonds is 5. The van der Waals surface area contributed by atoms with E-state index in [9.17, 15) is 8.42 Å². The zero-order valence-electron chi connectivity index (χ0n) is 16.2. The van der Waals surface area contributed by atoms with Crippen molar-refractivity contribution in [2.24, 2.45) is 5.73 Å². The highest BCUT2D eigenvalue weighted by atomic mass is 32.2. The van der Waals surface area contributed by atoms with E-state index in [1.165, 1.54) is 0 Å². The molecule has 3 aromatic rings. The third-order valence-corrected chi connectivity index (χ3v) is 7.03. The molecule has 0 radical (unpaired) electrons. The molecule has 1 saturated heterocycles. The first-order valence-corrected chi connectivity index (χ1v) is 10.9. The van der Waals surface area contributed by atoms with Gasteiger partial charge in [0.05, 0.1) is 28.2 Å². The molecule has 2 aromatic heterocycles. The van der Waals surface area contributed by atoms with Crippen LogP contribution in [0.1, 0.15) is 20.3 Å². The van der Waals surface area contributed by atoms with E-state index in [4.69, 9.17) is 10.2 Å². The van der Waals surface area contributed by atoms with Crippen molar-refractivity contribution in [1.82, 2.24) is 20.2 Å². The SMILES string of the molecule is CC(C)S(=O)(=O)c1ccc(-c2cncc(-c3nnc(N4CCC(N)C4)o3)n2)cc1. The maximum Gasteiger partial charge on any atom is 0.318 e. The molecule has 1 atom stereocenters. The molecule has 152 valence electrons. The molecule has 9 nitrogen and oxygen atoms in total. The topological polar surface area (TPSA) is 128 Å². The van der Waals surface area contributed by atoms with Crippen LogP contribution >= 0.6 is 0 Å². The van der Waals surface area contributed by atoms with E-state index in [1.807, 2.05) is 4.90 Å². The predicted molar refractivity (Wildman–Crippen MR) is 108 cm³/mol. The van der Waals surface area contributed by atoms with Crippen LogP contribution in [0.5, 0.6) is 0 Å². The van der Waals surface area contributed by atoms with E-state index in [0.29, 0.717) is 23.9 Å². The zero-order valence-corrected chi connectivity index (χ0v) is 17.0. The van der Waals surface area contributed by atoms with Gasteiger partial charge in [0.25, 0.3) is 5.89 Å². The molecule has 1 fully saturated rings. The van der Waals surface area contributed by atoms with E-state index < -0.39 is 15.1 Å². The van der Waals surface area contributed by atoms with Crippen molar-refractivity contribution >= 4 is 15.9 Å². The number of anilines is 1. The first-order valence-electron chi connectivity index (χ1n) is 9.35. The van der Waals surface area contributed by atoms with E-state index in [-0.39, 0.29) is 16.8 Å². The van der Waals surface area contributed by atoms with Gasteiger partial charge in [-0.1, -0.05) is 17.2 Å². The van der Waals surface area contributed by atoms with Crippen molar-refractivity contribution in [1.29, 1.82) is 0 Å². The van der Waals surface area contributed by atoms with Crippen LogP contribution in [0.3, 0.4) is 0 Å². The quantitative estimate of drug-likeness (QED) is 0.665. The lowest BCUT2D eigenvalue weighted by atomic mass is 10.1. The first-order chi connectivity index (χ1) is 13.8. The van der Waals surface area contributed by atoms with Gasteiger partial charge >= 0.3 is 6.01 Å². The minimum atomic E-state index is -3.32. The van der Waals surface area contributed by atoms with E-state index in [2.05, 4.69) is 20.2 Å². The molecule has 4 rings (SSSR count). The Morgan fingerprint density at radius 1 is 1.14 bits per heavy atom. The molecule has 3 heterocycles. The Morgan fingerprint density at radius 2 is 1.86 bits per heavy atom. The average molecular weight is 414 g/mol. The number of aromatic nitrogens is 4. The molecule has 2 N–H and O–H groups in total. The molecule has 0 bridgehead atoms. The highest BCUT2D eigenvalue weighted by molar-refractivity contribution is 7.92. The van der Waals surface area contributed by atoms with Gasteiger partial charge in [-0.25, -0.2) is 13.4 Å². The van der Waals surface area contributed by atoms with Crippen LogP contribution in [0.25, 0.3) is 22.8 Å². The van der Waals surface area contributed by atoms with Crippen molar-refractivity contribution < 1.29 is 12.8 Å². The average Bonchev–Trinajstić information content (AvgIpc) is 3.37. The van der Waals surface area contributed by atoms with Crippen LogP contribution in [-0.2, 0) is 9.84 Å². The summed E-state index contributed by atoms with van der Waals surface area (Å²) in [6.07, 6.45) is 4.04. The molecule has 0 spiro atoms. The summed E-state index contributed by atoms with van der Waals surface area (Å²) in [5.41, 5.74) is 7.70. The summed E-state index contributed by atoms with van der Waals surface area (Å²) in [5, 5.41) is 7.68. The summed E-state index contributed by atoms with van der Waals surface area (Å²) in [5.74, 6) is 0.272. The van der Waals surface area contributed by atoms with Crippen LogP contribution in [0.2, 0.25) is 0 Å². The maximum absolute atomic E-state index is 12.3. The molecule has 29 heavy (non-hydrogen) atoms. The second-order valence-electron chi connectivity index (χ2n) is 7.29. The van der Waals surface area contributed by atoms with Gasteiger partial charge in [0.2, 0.25) is 0 Å². The van der Waals surface area contributed by atoms with Gasteiger partial charge in [-0.3, -0.25) is 4.98 Å². The minimum absolute atomic E-state index is 0.107. The van der Waals surface area contributed by atoms with Crippen molar-refractivity contribution in [3.63, 3.8) is 0 Å². The summed E-state index contributed by atoms with van der Waals surface area (Å²) < 4.78 is 30.3. The fraction of sp³-hybridized carbons (Fsp3) is 0.368. The fourth-order valence-corrected chi connectivity index (χ4v) is 4.16. The van der Waals surface area contributed by atoms with Crippen LogP contribution in [0, 0.1) is 0 Å². The predicted octanol–water partition coefficient (Wildman–Crippen LogP) is 1.91. The molecule has 1 unspecified atom stereocenters. The maximum atomic E-state index is 12.3. The number of nitrogens with zero attached hydrogens (tertiary/aromatic N) is 5. The fourth-order valence-electron chi connectivity index (χ4n) is 3.10. The molecule has 0 saturated carbocycles. The molecule has 1 aliphatic rings. The summed E-state index contributed by atoms with van der Waals surface area (Å²) in [6.45, 7) is 4.78. The second kappa shape index (κ2) is 7.53. The Balaban J connectivity index is 1.59.